The largest absolute Gasteiger partial charge is 0.452 e. The second-order valence-electron chi connectivity index (χ2n) is 3.36. The van der Waals surface area contributed by atoms with E-state index < -0.39 is 5.82 Å². The molecule has 0 spiro atoms. The smallest absolute Gasteiger partial charge is 0.165 e. The monoisotopic (exact) mass is 359 g/mol. The first kappa shape index (κ1) is 12.4. The number of hydrogen-bond donors (Lipinski definition) is 1. The van der Waals surface area contributed by atoms with Crippen LogP contribution in [0.4, 0.5) is 10.1 Å². The molecule has 5 heteroatoms. The Balaban J connectivity index is 2.34. The number of anilines is 1. The third-order valence-electron chi connectivity index (χ3n) is 2.08. The molecule has 0 bridgehead atoms. The molecule has 0 atom stereocenters. The van der Waals surface area contributed by atoms with Gasteiger partial charge in [-0.1, -0.05) is 31.9 Å². The van der Waals surface area contributed by atoms with Gasteiger partial charge < -0.3 is 10.5 Å². The van der Waals surface area contributed by atoms with E-state index in [4.69, 9.17) is 10.5 Å². The summed E-state index contributed by atoms with van der Waals surface area (Å²) in [6, 6.07) is 9.64. The standard InChI is InChI=1S/C12H8Br2FNO/c13-7-2-4-11(10(16)5-7)17-12-6-8(14)1-3-9(12)15/h1-6H,16H2. The SMILES string of the molecule is Nc1cc(Br)ccc1Oc1cc(Br)ccc1F. The minimum Gasteiger partial charge on any atom is -0.452 e. The van der Waals surface area contributed by atoms with E-state index >= 15 is 0 Å². The highest BCUT2D eigenvalue weighted by Crippen LogP contribution is 2.32. The normalized spacial score (nSPS) is 10.3. The Morgan fingerprint density at radius 1 is 0.941 bits per heavy atom. The van der Waals surface area contributed by atoms with Crippen LogP contribution in [-0.4, -0.2) is 0 Å². The Morgan fingerprint density at radius 3 is 2.29 bits per heavy atom. The Kier molecular flexibility index (Phi) is 3.69. The van der Waals surface area contributed by atoms with E-state index in [0.717, 1.165) is 8.95 Å². The van der Waals surface area contributed by atoms with Crippen molar-refractivity contribution in [2.45, 2.75) is 0 Å². The maximum absolute atomic E-state index is 13.5. The highest BCUT2D eigenvalue weighted by atomic mass is 79.9. The van der Waals surface area contributed by atoms with Crippen molar-refractivity contribution in [3.63, 3.8) is 0 Å². The van der Waals surface area contributed by atoms with Crippen molar-refractivity contribution in [1.29, 1.82) is 0 Å². The summed E-state index contributed by atoms with van der Waals surface area (Å²) in [5.74, 6) is 0.120. The quantitative estimate of drug-likeness (QED) is 0.786. The predicted octanol–water partition coefficient (Wildman–Crippen LogP) is 4.73. The van der Waals surface area contributed by atoms with Gasteiger partial charge in [0, 0.05) is 8.95 Å². The van der Waals surface area contributed by atoms with Crippen molar-refractivity contribution < 1.29 is 9.13 Å². The summed E-state index contributed by atoms with van der Waals surface area (Å²) in [5, 5.41) is 0. The van der Waals surface area contributed by atoms with Crippen LogP contribution in [0.2, 0.25) is 0 Å². The molecule has 0 radical (unpaired) electrons. The van der Waals surface area contributed by atoms with Gasteiger partial charge >= 0.3 is 0 Å². The number of halogens is 3. The number of nitrogen functional groups attached to an aromatic ring is 1. The van der Waals surface area contributed by atoms with Gasteiger partial charge in [0.15, 0.2) is 17.3 Å². The highest BCUT2D eigenvalue weighted by molar-refractivity contribution is 9.10. The molecule has 0 heterocycles. The average molecular weight is 361 g/mol. The van der Waals surface area contributed by atoms with Gasteiger partial charge in [-0.3, -0.25) is 0 Å². The van der Waals surface area contributed by atoms with Crippen LogP contribution in [0.3, 0.4) is 0 Å². The average Bonchev–Trinajstić information content (AvgIpc) is 2.27. The molecule has 2 rings (SSSR count). The minimum atomic E-state index is -0.435. The summed E-state index contributed by atoms with van der Waals surface area (Å²) in [7, 11) is 0. The summed E-state index contributed by atoms with van der Waals surface area (Å²) in [6.07, 6.45) is 0. The summed E-state index contributed by atoms with van der Waals surface area (Å²) >= 11 is 6.55. The Hall–Kier alpha value is -1.07. The Morgan fingerprint density at radius 2 is 1.59 bits per heavy atom. The number of hydrogen-bond acceptors (Lipinski definition) is 2. The zero-order valence-electron chi connectivity index (χ0n) is 8.58. The van der Waals surface area contributed by atoms with E-state index in [0.29, 0.717) is 11.4 Å². The summed E-state index contributed by atoms with van der Waals surface area (Å²) in [5.41, 5.74) is 6.21. The molecule has 0 unspecified atom stereocenters. The topological polar surface area (TPSA) is 35.2 Å². The number of rotatable bonds is 2. The van der Waals surface area contributed by atoms with Crippen molar-refractivity contribution in [2.75, 3.05) is 5.73 Å². The molecule has 0 aromatic heterocycles. The van der Waals surface area contributed by atoms with Crippen molar-refractivity contribution in [1.82, 2.24) is 0 Å². The van der Waals surface area contributed by atoms with Crippen LogP contribution in [0.5, 0.6) is 11.5 Å². The summed E-state index contributed by atoms with van der Waals surface area (Å²) < 4.78 is 20.5. The maximum Gasteiger partial charge on any atom is 0.165 e. The first-order valence-corrected chi connectivity index (χ1v) is 6.33. The van der Waals surface area contributed by atoms with Gasteiger partial charge in [0.25, 0.3) is 0 Å². The van der Waals surface area contributed by atoms with E-state index in [-0.39, 0.29) is 5.75 Å². The van der Waals surface area contributed by atoms with E-state index in [1.807, 2.05) is 0 Å². The summed E-state index contributed by atoms with van der Waals surface area (Å²) in [6.45, 7) is 0. The molecule has 0 saturated heterocycles. The van der Waals surface area contributed by atoms with E-state index in [1.54, 1.807) is 30.3 Å². The fourth-order valence-electron chi connectivity index (χ4n) is 1.29. The molecule has 0 saturated carbocycles. The molecular formula is C12H8Br2FNO. The van der Waals surface area contributed by atoms with Crippen molar-refractivity contribution >= 4 is 37.5 Å². The molecule has 0 fully saturated rings. The van der Waals surface area contributed by atoms with Gasteiger partial charge in [-0.25, -0.2) is 4.39 Å². The fourth-order valence-corrected chi connectivity index (χ4v) is 2.01. The van der Waals surface area contributed by atoms with Gasteiger partial charge in [-0.15, -0.1) is 0 Å². The highest BCUT2D eigenvalue weighted by Gasteiger charge is 2.08. The fraction of sp³-hybridized carbons (Fsp3) is 0. The third kappa shape index (κ3) is 2.98. The number of ether oxygens (including phenoxy) is 1. The molecule has 0 aliphatic carbocycles. The van der Waals surface area contributed by atoms with Crippen LogP contribution in [0.25, 0.3) is 0 Å². The molecule has 17 heavy (non-hydrogen) atoms. The molecule has 2 aromatic rings. The minimum absolute atomic E-state index is 0.133. The lowest BCUT2D eigenvalue weighted by Crippen LogP contribution is -1.93. The van der Waals surface area contributed by atoms with E-state index in [2.05, 4.69) is 31.9 Å². The maximum atomic E-state index is 13.5. The van der Waals surface area contributed by atoms with Crippen molar-refractivity contribution in [3.8, 4) is 11.5 Å². The lowest BCUT2D eigenvalue weighted by Gasteiger charge is -2.09. The van der Waals surface area contributed by atoms with E-state index in [9.17, 15) is 4.39 Å². The van der Waals surface area contributed by atoms with Crippen molar-refractivity contribution in [3.05, 3.63) is 51.2 Å². The molecule has 2 N–H and O–H groups in total. The second kappa shape index (κ2) is 5.06. The van der Waals surface area contributed by atoms with Crippen LogP contribution < -0.4 is 10.5 Å². The lowest BCUT2D eigenvalue weighted by atomic mass is 10.3. The second-order valence-corrected chi connectivity index (χ2v) is 5.19. The molecule has 2 nitrogen and oxygen atoms in total. The Labute approximate surface area is 115 Å². The first-order chi connectivity index (χ1) is 8.06. The third-order valence-corrected chi connectivity index (χ3v) is 3.07. The van der Waals surface area contributed by atoms with Gasteiger partial charge in [-0.2, -0.15) is 0 Å². The van der Waals surface area contributed by atoms with Crippen LogP contribution in [0.15, 0.2) is 45.3 Å². The first-order valence-electron chi connectivity index (χ1n) is 4.74. The van der Waals surface area contributed by atoms with Gasteiger partial charge in [-0.05, 0) is 36.4 Å². The molecular weight excluding hydrogens is 353 g/mol. The lowest BCUT2D eigenvalue weighted by molar-refractivity contribution is 0.443. The molecule has 0 aliphatic rings. The molecule has 0 amide bonds. The van der Waals surface area contributed by atoms with Crippen LogP contribution in [-0.2, 0) is 0 Å². The van der Waals surface area contributed by atoms with Gasteiger partial charge in [0.2, 0.25) is 0 Å². The van der Waals surface area contributed by atoms with Gasteiger partial charge in [0.1, 0.15) is 0 Å². The van der Waals surface area contributed by atoms with E-state index in [1.165, 1.54) is 6.07 Å². The van der Waals surface area contributed by atoms with Crippen LogP contribution >= 0.6 is 31.9 Å². The molecule has 2 aromatic carbocycles. The van der Waals surface area contributed by atoms with Gasteiger partial charge in [0.05, 0.1) is 5.69 Å². The van der Waals surface area contributed by atoms with Crippen LogP contribution in [0, 0.1) is 5.82 Å². The molecule has 88 valence electrons. The summed E-state index contributed by atoms with van der Waals surface area (Å²) in [4.78, 5) is 0. The predicted molar refractivity (Wildman–Crippen MR) is 72.7 cm³/mol. The zero-order valence-corrected chi connectivity index (χ0v) is 11.8. The van der Waals surface area contributed by atoms with Crippen LogP contribution in [0.1, 0.15) is 0 Å². The number of benzene rings is 2. The molecule has 0 aliphatic heterocycles. The number of nitrogens with two attached hydrogens (primary N) is 1. The zero-order chi connectivity index (χ0) is 12.4. The van der Waals surface area contributed by atoms with Crippen molar-refractivity contribution in [2.24, 2.45) is 0 Å². The Bertz CT molecular complexity index is 560.